The van der Waals surface area contributed by atoms with Gasteiger partial charge in [0.05, 0.1) is 42.6 Å². The fourth-order valence-electron chi connectivity index (χ4n) is 5.71. The van der Waals surface area contributed by atoms with Crippen LogP contribution in [0.1, 0.15) is 35.2 Å². The molecular formula is C31H25BrF3N7O3. The minimum atomic E-state index is -4.62. The molecular weight excluding hydrogens is 655 g/mol. The molecule has 1 aliphatic rings. The van der Waals surface area contributed by atoms with Crippen molar-refractivity contribution in [1.29, 1.82) is 5.26 Å². The topological polar surface area (TPSA) is 112 Å². The van der Waals surface area contributed by atoms with E-state index in [0.29, 0.717) is 29.7 Å². The number of allylic oxidation sites excluding steroid dienone is 1. The Morgan fingerprint density at radius 1 is 1.13 bits per heavy atom. The Morgan fingerprint density at radius 2 is 1.93 bits per heavy atom. The van der Waals surface area contributed by atoms with E-state index in [4.69, 9.17) is 4.74 Å². The number of alkyl halides is 3. The van der Waals surface area contributed by atoms with Gasteiger partial charge in [-0.25, -0.2) is 28.2 Å². The lowest BCUT2D eigenvalue weighted by Crippen LogP contribution is -3.00. The number of benzene rings is 2. The third-order valence-corrected chi connectivity index (χ3v) is 7.74. The fraction of sp³-hybridized carbons (Fsp3) is 0.194. The number of halogens is 4. The first-order chi connectivity index (χ1) is 21.1. The zero-order chi connectivity index (χ0) is 31.2. The van der Waals surface area contributed by atoms with Gasteiger partial charge in [-0.2, -0.15) is 18.4 Å². The Bertz CT molecular complexity index is 2060. The van der Waals surface area contributed by atoms with E-state index in [0.717, 1.165) is 17.8 Å². The number of pyridine rings is 1. The normalized spacial score (nSPS) is 14.6. The van der Waals surface area contributed by atoms with E-state index < -0.39 is 29.4 Å². The number of carbonyl (C=O) groups excluding carboxylic acids is 1. The SMILES string of the molecule is COC(=O)C1=C(C)N(c2cccc(C(F)(F)F)c2)c2n[nH]c(=O)n2[C@@H]1c1ccc(C#N)cc1CC[n+]1ccn2ccccc21.[Br-]. The van der Waals surface area contributed by atoms with E-state index >= 15 is 0 Å². The lowest BCUT2D eigenvalue weighted by molar-refractivity contribution is -0.670. The number of carbonyl (C=O) groups is 1. The predicted octanol–water partition coefficient (Wildman–Crippen LogP) is 1.44. The number of methoxy groups -OCH3 is 1. The summed E-state index contributed by atoms with van der Waals surface area (Å²) in [4.78, 5) is 28.1. The number of esters is 1. The Hall–Kier alpha value is -5.16. The van der Waals surface area contributed by atoms with Crippen molar-refractivity contribution in [3.05, 3.63) is 123 Å². The van der Waals surface area contributed by atoms with Crippen molar-refractivity contribution >= 4 is 23.3 Å². The number of anilines is 2. The van der Waals surface area contributed by atoms with Crippen LogP contribution in [-0.2, 0) is 28.7 Å². The summed E-state index contributed by atoms with van der Waals surface area (Å²) in [6.07, 6.45) is 1.58. The average Bonchev–Trinajstić information content (AvgIpc) is 3.61. The Labute approximate surface area is 265 Å². The third kappa shape index (κ3) is 5.51. The average molecular weight is 680 g/mol. The van der Waals surface area contributed by atoms with E-state index in [-0.39, 0.29) is 39.9 Å². The maximum Gasteiger partial charge on any atom is 0.416 e. The van der Waals surface area contributed by atoms with Gasteiger partial charge in [0.25, 0.3) is 5.65 Å². The molecule has 45 heavy (non-hydrogen) atoms. The molecule has 0 saturated heterocycles. The van der Waals surface area contributed by atoms with Gasteiger partial charge in [-0.1, -0.05) is 18.2 Å². The number of H-pyrrole nitrogens is 1. The van der Waals surface area contributed by atoms with Crippen molar-refractivity contribution in [1.82, 2.24) is 19.2 Å². The van der Waals surface area contributed by atoms with Crippen LogP contribution in [0.3, 0.4) is 0 Å². The standard InChI is InChI=1S/C31H24F3N7O3.BrH/c1-19-26(28(42)44-2)27(41-29(36-37-30(41)43)40(19)23-7-5-6-22(17-23)31(32,33)34)24-10-9-20(18-35)16-21(24)11-13-39-15-14-38-12-4-3-8-25(38)39;/h3-10,12,14-17,27H,11,13H2,1-2H3;1H/t27-;/m1./s1. The first-order valence-corrected chi connectivity index (χ1v) is 13.5. The van der Waals surface area contributed by atoms with Crippen molar-refractivity contribution in [3.63, 3.8) is 0 Å². The maximum absolute atomic E-state index is 13.6. The number of nitrogens with one attached hydrogen (secondary N) is 1. The smallest absolute Gasteiger partial charge is 0.416 e. The molecule has 10 nitrogen and oxygen atoms in total. The van der Waals surface area contributed by atoms with Crippen LogP contribution in [0.2, 0.25) is 0 Å². The second-order valence-electron chi connectivity index (χ2n) is 10.2. The molecule has 1 N–H and O–H groups in total. The highest BCUT2D eigenvalue weighted by atomic mass is 79.9. The lowest BCUT2D eigenvalue weighted by atomic mass is 9.89. The number of aromatic amines is 1. The highest BCUT2D eigenvalue weighted by molar-refractivity contribution is 5.93. The Morgan fingerprint density at radius 3 is 2.67 bits per heavy atom. The summed E-state index contributed by atoms with van der Waals surface area (Å²) in [6, 6.07) is 16.4. The van der Waals surface area contributed by atoms with Crippen molar-refractivity contribution < 1.29 is 44.3 Å². The van der Waals surface area contributed by atoms with Gasteiger partial charge in [-0.15, -0.1) is 5.10 Å². The molecule has 6 rings (SSSR count). The number of hydrogen-bond donors (Lipinski definition) is 1. The van der Waals surface area contributed by atoms with Gasteiger partial charge in [-0.05, 0) is 54.4 Å². The molecule has 0 radical (unpaired) electrons. The van der Waals surface area contributed by atoms with E-state index in [2.05, 4.69) is 16.3 Å². The molecule has 4 heterocycles. The number of nitriles is 1. The number of aryl methyl sites for hydroxylation is 2. The molecule has 0 spiro atoms. The molecule has 5 aromatic rings. The van der Waals surface area contributed by atoms with E-state index in [1.54, 1.807) is 25.1 Å². The van der Waals surface area contributed by atoms with E-state index in [1.165, 1.54) is 28.7 Å². The zero-order valence-corrected chi connectivity index (χ0v) is 25.5. The van der Waals surface area contributed by atoms with Gasteiger partial charge in [0.1, 0.15) is 18.4 Å². The monoisotopic (exact) mass is 679 g/mol. The molecule has 0 aliphatic carbocycles. The highest BCUT2D eigenvalue weighted by Crippen LogP contribution is 2.43. The second kappa shape index (κ2) is 12.1. The van der Waals surface area contributed by atoms with Crippen LogP contribution in [0.25, 0.3) is 5.65 Å². The summed E-state index contributed by atoms with van der Waals surface area (Å²) in [6.45, 7) is 2.07. The summed E-state index contributed by atoms with van der Waals surface area (Å²) in [5.41, 5.74) is 1.30. The molecule has 2 aromatic carbocycles. The highest BCUT2D eigenvalue weighted by Gasteiger charge is 2.41. The van der Waals surface area contributed by atoms with Crippen LogP contribution in [0.15, 0.2) is 95.3 Å². The van der Waals surface area contributed by atoms with Crippen molar-refractivity contribution in [3.8, 4) is 6.07 Å². The molecule has 3 aromatic heterocycles. The van der Waals surface area contributed by atoms with Crippen LogP contribution in [0.5, 0.6) is 0 Å². The number of hydrogen-bond acceptors (Lipinski definition) is 6. The van der Waals surface area contributed by atoms with Crippen molar-refractivity contribution in [2.24, 2.45) is 0 Å². The van der Waals surface area contributed by atoms with Gasteiger partial charge in [0, 0.05) is 23.9 Å². The van der Waals surface area contributed by atoms with Crippen LogP contribution in [0.4, 0.5) is 24.8 Å². The molecule has 0 saturated carbocycles. The molecule has 230 valence electrons. The molecule has 1 atom stereocenters. The van der Waals surface area contributed by atoms with Gasteiger partial charge in [0.15, 0.2) is 0 Å². The summed E-state index contributed by atoms with van der Waals surface area (Å²) in [5.74, 6) is -0.779. The maximum atomic E-state index is 13.6. The summed E-state index contributed by atoms with van der Waals surface area (Å²) < 4.78 is 51.3. The number of imidazole rings is 1. The minimum Gasteiger partial charge on any atom is -1.00 e. The number of ether oxygens (including phenoxy) is 1. The molecule has 0 amide bonds. The Balaban J connectivity index is 0.00000400. The van der Waals surface area contributed by atoms with Gasteiger partial charge in [0.2, 0.25) is 5.95 Å². The van der Waals surface area contributed by atoms with Crippen LogP contribution >= 0.6 is 0 Å². The van der Waals surface area contributed by atoms with Gasteiger partial charge in [-0.3, -0.25) is 4.90 Å². The Kier molecular flexibility index (Phi) is 8.40. The molecule has 0 bridgehead atoms. The molecule has 1 aliphatic heterocycles. The van der Waals surface area contributed by atoms with E-state index in [1.807, 2.05) is 45.8 Å². The van der Waals surface area contributed by atoms with Crippen molar-refractivity contribution in [2.75, 3.05) is 12.0 Å². The largest absolute Gasteiger partial charge is 1.00 e. The third-order valence-electron chi connectivity index (χ3n) is 7.74. The summed E-state index contributed by atoms with van der Waals surface area (Å²) in [5, 5.41) is 16.2. The van der Waals surface area contributed by atoms with Gasteiger partial charge < -0.3 is 21.7 Å². The fourth-order valence-corrected chi connectivity index (χ4v) is 5.71. The molecule has 0 fully saturated rings. The van der Waals surface area contributed by atoms with E-state index in [9.17, 15) is 28.0 Å². The first-order valence-electron chi connectivity index (χ1n) is 13.5. The van der Waals surface area contributed by atoms with Gasteiger partial charge >= 0.3 is 17.8 Å². The lowest BCUT2D eigenvalue weighted by Gasteiger charge is -2.36. The van der Waals surface area contributed by atoms with Crippen LogP contribution in [0, 0.1) is 11.3 Å². The number of rotatable bonds is 6. The number of nitrogens with zero attached hydrogens (tertiary/aromatic N) is 6. The number of fused-ring (bicyclic) bond motifs is 2. The molecule has 14 heteroatoms. The molecule has 0 unspecified atom stereocenters. The quantitative estimate of drug-likeness (QED) is 0.215. The van der Waals surface area contributed by atoms with Crippen molar-refractivity contribution in [2.45, 2.75) is 32.1 Å². The predicted molar refractivity (Wildman–Crippen MR) is 152 cm³/mol. The number of aromatic nitrogens is 5. The van der Waals surface area contributed by atoms with Crippen LogP contribution < -0.4 is 32.1 Å². The first kappa shape index (κ1) is 31.3. The van der Waals surface area contributed by atoms with Crippen LogP contribution in [-0.4, -0.2) is 32.2 Å². The summed E-state index contributed by atoms with van der Waals surface area (Å²) in [7, 11) is 1.19. The minimum absolute atomic E-state index is 0. The second-order valence-corrected chi connectivity index (χ2v) is 10.2. The zero-order valence-electron chi connectivity index (χ0n) is 23.9. The summed E-state index contributed by atoms with van der Waals surface area (Å²) >= 11 is 0.